The third-order valence-corrected chi connectivity index (χ3v) is 2.43. The molecule has 0 saturated heterocycles. The maximum atomic E-state index is 4.04. The Morgan fingerprint density at radius 3 is 2.33 bits per heavy atom. The molecule has 1 unspecified atom stereocenters. The van der Waals surface area contributed by atoms with Crippen molar-refractivity contribution in [1.29, 1.82) is 0 Å². The third-order valence-electron chi connectivity index (χ3n) is 2.43. The van der Waals surface area contributed by atoms with Crippen molar-refractivity contribution in [2.45, 2.75) is 25.9 Å². The van der Waals surface area contributed by atoms with Crippen molar-refractivity contribution in [3.05, 3.63) is 30.1 Å². The van der Waals surface area contributed by atoms with Crippen LogP contribution < -0.4 is 5.32 Å². The third kappa shape index (κ3) is 3.98. The molecule has 1 heterocycles. The second kappa shape index (κ2) is 5.83. The normalized spacial score (nSPS) is 13.5. The van der Waals surface area contributed by atoms with Gasteiger partial charge in [-0.1, -0.05) is 13.8 Å². The Morgan fingerprint density at radius 1 is 1.27 bits per heavy atom. The Morgan fingerprint density at radius 2 is 1.87 bits per heavy atom. The lowest BCUT2D eigenvalue weighted by molar-refractivity contribution is 0.283. The molecule has 1 rings (SSSR count). The largest absolute Gasteiger partial charge is 0.313 e. The van der Waals surface area contributed by atoms with Gasteiger partial charge in [0.2, 0.25) is 0 Å². The zero-order valence-corrected chi connectivity index (χ0v) is 10.1. The molecule has 0 amide bonds. The van der Waals surface area contributed by atoms with Gasteiger partial charge in [-0.25, -0.2) is 0 Å². The predicted octanol–water partition coefficient (Wildman–Crippen LogP) is 1.68. The Bertz CT molecular complexity index is 269. The lowest BCUT2D eigenvalue weighted by Gasteiger charge is -2.26. The van der Waals surface area contributed by atoms with E-state index in [0.29, 0.717) is 12.1 Å². The summed E-state index contributed by atoms with van der Waals surface area (Å²) < 4.78 is 0. The molecule has 3 heteroatoms. The van der Waals surface area contributed by atoms with Crippen LogP contribution in [0.25, 0.3) is 0 Å². The molecule has 0 fully saturated rings. The lowest BCUT2D eigenvalue weighted by atomic mass is 10.1. The molecular weight excluding hydrogens is 186 g/mol. The highest BCUT2D eigenvalue weighted by molar-refractivity contribution is 5.15. The van der Waals surface area contributed by atoms with E-state index in [4.69, 9.17) is 0 Å². The van der Waals surface area contributed by atoms with Gasteiger partial charge in [0.05, 0.1) is 0 Å². The number of pyridine rings is 1. The monoisotopic (exact) mass is 207 g/mol. The van der Waals surface area contributed by atoms with Gasteiger partial charge in [-0.05, 0) is 31.8 Å². The van der Waals surface area contributed by atoms with E-state index in [2.05, 4.69) is 55.3 Å². The molecule has 1 atom stereocenters. The molecule has 0 aliphatic heterocycles. The standard InChI is InChI=1S/C12H21N3/c1-10(2)14-9-12(15(3)4)11-5-7-13-8-6-11/h5-8,10,12,14H,9H2,1-4H3. The van der Waals surface area contributed by atoms with E-state index in [1.807, 2.05) is 12.4 Å². The molecule has 15 heavy (non-hydrogen) atoms. The van der Waals surface area contributed by atoms with Crippen LogP contribution in [0.15, 0.2) is 24.5 Å². The van der Waals surface area contributed by atoms with Crippen LogP contribution in [-0.2, 0) is 0 Å². The number of nitrogens with one attached hydrogen (secondary N) is 1. The average molecular weight is 207 g/mol. The summed E-state index contributed by atoms with van der Waals surface area (Å²) in [6.07, 6.45) is 3.70. The minimum Gasteiger partial charge on any atom is -0.313 e. The molecule has 0 spiro atoms. The predicted molar refractivity (Wildman–Crippen MR) is 63.8 cm³/mol. The van der Waals surface area contributed by atoms with Gasteiger partial charge in [0.25, 0.3) is 0 Å². The van der Waals surface area contributed by atoms with Crippen LogP contribution in [0.5, 0.6) is 0 Å². The fourth-order valence-corrected chi connectivity index (χ4v) is 1.53. The number of hydrogen-bond acceptors (Lipinski definition) is 3. The molecule has 3 nitrogen and oxygen atoms in total. The summed E-state index contributed by atoms with van der Waals surface area (Å²) in [5.74, 6) is 0. The van der Waals surface area contributed by atoms with Gasteiger partial charge in [-0.15, -0.1) is 0 Å². The summed E-state index contributed by atoms with van der Waals surface area (Å²) in [7, 11) is 4.21. The second-order valence-corrected chi connectivity index (χ2v) is 4.32. The first-order valence-electron chi connectivity index (χ1n) is 5.41. The van der Waals surface area contributed by atoms with Crippen LogP contribution in [0, 0.1) is 0 Å². The Hall–Kier alpha value is -0.930. The Balaban J connectivity index is 2.66. The minimum absolute atomic E-state index is 0.412. The zero-order valence-electron chi connectivity index (χ0n) is 10.1. The van der Waals surface area contributed by atoms with Crippen molar-refractivity contribution in [3.63, 3.8) is 0 Å². The molecule has 1 aromatic heterocycles. The van der Waals surface area contributed by atoms with Crippen molar-refractivity contribution < 1.29 is 0 Å². The van der Waals surface area contributed by atoms with E-state index >= 15 is 0 Å². The molecule has 0 bridgehead atoms. The summed E-state index contributed by atoms with van der Waals surface area (Å²) in [5.41, 5.74) is 1.31. The molecule has 0 aliphatic rings. The minimum atomic E-state index is 0.412. The summed E-state index contributed by atoms with van der Waals surface area (Å²) >= 11 is 0. The fraction of sp³-hybridized carbons (Fsp3) is 0.583. The average Bonchev–Trinajstić information content (AvgIpc) is 2.18. The fourth-order valence-electron chi connectivity index (χ4n) is 1.53. The quantitative estimate of drug-likeness (QED) is 0.796. The maximum absolute atomic E-state index is 4.04. The van der Waals surface area contributed by atoms with Crippen molar-refractivity contribution in [2.75, 3.05) is 20.6 Å². The van der Waals surface area contributed by atoms with Gasteiger partial charge in [-0.3, -0.25) is 4.98 Å². The van der Waals surface area contributed by atoms with Gasteiger partial charge >= 0.3 is 0 Å². The van der Waals surface area contributed by atoms with Gasteiger partial charge in [0.15, 0.2) is 0 Å². The first-order valence-corrected chi connectivity index (χ1v) is 5.41. The maximum Gasteiger partial charge on any atom is 0.0468 e. The molecular formula is C12H21N3. The smallest absolute Gasteiger partial charge is 0.0468 e. The second-order valence-electron chi connectivity index (χ2n) is 4.32. The van der Waals surface area contributed by atoms with Crippen LogP contribution >= 0.6 is 0 Å². The molecule has 0 saturated carbocycles. The van der Waals surface area contributed by atoms with Crippen molar-refractivity contribution in [2.24, 2.45) is 0 Å². The Kier molecular flexibility index (Phi) is 4.72. The summed E-state index contributed by atoms with van der Waals surface area (Å²) in [6, 6.07) is 5.09. The van der Waals surface area contributed by atoms with Crippen molar-refractivity contribution in [1.82, 2.24) is 15.2 Å². The highest BCUT2D eigenvalue weighted by Gasteiger charge is 2.13. The highest BCUT2D eigenvalue weighted by atomic mass is 15.1. The first kappa shape index (κ1) is 12.1. The van der Waals surface area contributed by atoms with E-state index in [0.717, 1.165) is 6.54 Å². The highest BCUT2D eigenvalue weighted by Crippen LogP contribution is 2.15. The zero-order chi connectivity index (χ0) is 11.3. The number of aromatic nitrogens is 1. The summed E-state index contributed by atoms with van der Waals surface area (Å²) in [5, 5.41) is 3.46. The van der Waals surface area contributed by atoms with Crippen molar-refractivity contribution >= 4 is 0 Å². The van der Waals surface area contributed by atoms with Gasteiger partial charge in [0, 0.05) is 31.0 Å². The topological polar surface area (TPSA) is 28.2 Å². The van der Waals surface area contributed by atoms with Crippen molar-refractivity contribution in [3.8, 4) is 0 Å². The molecule has 84 valence electrons. The van der Waals surface area contributed by atoms with E-state index in [9.17, 15) is 0 Å². The molecule has 0 aliphatic carbocycles. The summed E-state index contributed by atoms with van der Waals surface area (Å²) in [4.78, 5) is 6.27. The lowest BCUT2D eigenvalue weighted by Crippen LogP contribution is -2.34. The van der Waals surface area contributed by atoms with Crippen LogP contribution in [0.1, 0.15) is 25.5 Å². The number of likely N-dealkylation sites (N-methyl/N-ethyl adjacent to an activating group) is 1. The van der Waals surface area contributed by atoms with Crippen LogP contribution in [0.3, 0.4) is 0 Å². The molecule has 1 N–H and O–H groups in total. The molecule has 0 aromatic carbocycles. The Labute approximate surface area is 92.5 Å². The van der Waals surface area contributed by atoms with Crippen LogP contribution in [0.2, 0.25) is 0 Å². The summed E-state index contributed by atoms with van der Waals surface area (Å²) in [6.45, 7) is 5.30. The van der Waals surface area contributed by atoms with Gasteiger partial charge in [0.1, 0.15) is 0 Å². The SMILES string of the molecule is CC(C)NCC(c1ccncc1)N(C)C. The van der Waals surface area contributed by atoms with Gasteiger partial charge in [-0.2, -0.15) is 0 Å². The van der Waals surface area contributed by atoms with Crippen LogP contribution in [-0.4, -0.2) is 36.6 Å². The number of hydrogen-bond donors (Lipinski definition) is 1. The van der Waals surface area contributed by atoms with E-state index in [1.165, 1.54) is 5.56 Å². The van der Waals surface area contributed by atoms with Gasteiger partial charge < -0.3 is 10.2 Å². The number of rotatable bonds is 5. The first-order chi connectivity index (χ1) is 7.11. The van der Waals surface area contributed by atoms with E-state index < -0.39 is 0 Å². The number of nitrogens with zero attached hydrogens (tertiary/aromatic N) is 2. The molecule has 1 aromatic rings. The molecule has 0 radical (unpaired) electrons. The van der Waals surface area contributed by atoms with E-state index in [-0.39, 0.29) is 0 Å². The van der Waals surface area contributed by atoms with Crippen LogP contribution in [0.4, 0.5) is 0 Å². The van der Waals surface area contributed by atoms with E-state index in [1.54, 1.807) is 0 Å².